The predicted molar refractivity (Wildman–Crippen MR) is 59.1 cm³/mol. The number of benzene rings is 1. The lowest BCUT2D eigenvalue weighted by molar-refractivity contribution is -0.0329. The summed E-state index contributed by atoms with van der Waals surface area (Å²) in [5.74, 6) is -0.145. The lowest BCUT2D eigenvalue weighted by Gasteiger charge is -2.05. The Morgan fingerprint density at radius 2 is 1.81 bits per heavy atom. The van der Waals surface area contributed by atoms with Crippen LogP contribution in [0, 0.1) is 0 Å². The van der Waals surface area contributed by atoms with Crippen LogP contribution in [0.3, 0.4) is 0 Å². The van der Waals surface area contributed by atoms with Crippen LogP contribution in [0.15, 0.2) is 36.4 Å². The van der Waals surface area contributed by atoms with Crippen molar-refractivity contribution in [3.05, 3.63) is 42.1 Å². The predicted octanol–water partition coefficient (Wildman–Crippen LogP) is 3.99. The van der Waals surface area contributed by atoms with Crippen molar-refractivity contribution in [1.82, 2.24) is 4.98 Å². The molecule has 0 bridgehead atoms. The molecule has 0 atom stereocenters. The summed E-state index contributed by atoms with van der Waals surface area (Å²) in [6.07, 6.45) is 0. The lowest BCUT2D eigenvalue weighted by Crippen LogP contribution is -2.01. The van der Waals surface area contributed by atoms with Gasteiger partial charge in [0.05, 0.1) is 11.2 Å². The number of nitrogens with zero attached hydrogens (tertiary/aromatic N) is 1. The number of hydrogen-bond acceptors (Lipinski definition) is 2. The van der Waals surface area contributed by atoms with Gasteiger partial charge in [0.2, 0.25) is 0 Å². The van der Waals surface area contributed by atoms with Crippen molar-refractivity contribution in [2.24, 2.45) is 0 Å². The highest BCUT2D eigenvalue weighted by atomic mass is 32.2. The maximum absolute atomic E-state index is 12.0. The maximum atomic E-state index is 12.0. The molecule has 0 amide bonds. The first kappa shape index (κ1) is 11.3. The van der Waals surface area contributed by atoms with Gasteiger partial charge in [-0.2, -0.15) is 13.2 Å². The van der Waals surface area contributed by atoms with Crippen molar-refractivity contribution >= 4 is 22.7 Å². The molecule has 5 heteroatoms. The highest BCUT2D eigenvalue weighted by Gasteiger charge is 2.28. The molecule has 0 unspecified atom stereocenters. The largest absolute Gasteiger partial charge is 0.442 e. The summed E-state index contributed by atoms with van der Waals surface area (Å²) in [6, 6.07) is 10.8. The summed E-state index contributed by atoms with van der Waals surface area (Å²) in [7, 11) is 0. The maximum Gasteiger partial charge on any atom is 0.442 e. The number of aromatic nitrogens is 1. The number of halogens is 3. The molecule has 0 aliphatic rings. The second-order valence-electron chi connectivity index (χ2n) is 3.23. The normalized spacial score (nSPS) is 11.9. The number of alkyl halides is 3. The highest BCUT2D eigenvalue weighted by molar-refractivity contribution is 7.99. The van der Waals surface area contributed by atoms with E-state index in [9.17, 15) is 13.2 Å². The molecule has 0 aliphatic carbocycles. The van der Waals surface area contributed by atoms with Crippen LogP contribution in [-0.4, -0.2) is 10.5 Å². The quantitative estimate of drug-likeness (QED) is 0.791. The van der Waals surface area contributed by atoms with Gasteiger partial charge in [0, 0.05) is 11.1 Å². The third-order valence-electron chi connectivity index (χ3n) is 2.04. The Balaban J connectivity index is 2.20. The molecule has 1 aromatic heterocycles. The summed E-state index contributed by atoms with van der Waals surface area (Å²) in [5, 5.41) is 0.934. The Labute approximate surface area is 94.7 Å². The molecule has 1 nitrogen and oxygen atoms in total. The van der Waals surface area contributed by atoms with Gasteiger partial charge in [-0.3, -0.25) is 4.98 Å². The van der Waals surface area contributed by atoms with E-state index in [-0.39, 0.29) is 17.5 Å². The summed E-state index contributed by atoms with van der Waals surface area (Å²) in [6.45, 7) is 0. The van der Waals surface area contributed by atoms with Gasteiger partial charge in [-0.15, -0.1) is 0 Å². The van der Waals surface area contributed by atoms with Crippen LogP contribution < -0.4 is 0 Å². The van der Waals surface area contributed by atoms with Gasteiger partial charge in [-0.05, 0) is 23.9 Å². The zero-order chi connectivity index (χ0) is 11.6. The minimum absolute atomic E-state index is 0.0673. The number of pyridine rings is 1. The van der Waals surface area contributed by atoms with E-state index in [0.717, 1.165) is 10.9 Å². The van der Waals surface area contributed by atoms with Crippen LogP contribution >= 0.6 is 11.8 Å². The molecule has 2 rings (SSSR count). The Kier molecular flexibility index (Phi) is 3.05. The zero-order valence-corrected chi connectivity index (χ0v) is 8.98. The molecule has 0 saturated heterocycles. The summed E-state index contributed by atoms with van der Waals surface area (Å²) >= 11 is -0.0673. The van der Waals surface area contributed by atoms with Crippen molar-refractivity contribution in [1.29, 1.82) is 0 Å². The minimum atomic E-state index is -4.20. The fourth-order valence-electron chi connectivity index (χ4n) is 1.34. The van der Waals surface area contributed by atoms with Crippen LogP contribution in [0.5, 0.6) is 0 Å². The lowest BCUT2D eigenvalue weighted by atomic mass is 10.2. The number of para-hydroxylation sites is 1. The van der Waals surface area contributed by atoms with Crippen LogP contribution in [0.4, 0.5) is 13.2 Å². The van der Waals surface area contributed by atoms with E-state index in [4.69, 9.17) is 0 Å². The molecule has 84 valence electrons. The molecule has 1 aromatic carbocycles. The van der Waals surface area contributed by atoms with Crippen molar-refractivity contribution in [3.8, 4) is 0 Å². The molecule has 0 spiro atoms. The van der Waals surface area contributed by atoms with Crippen LogP contribution in [0.2, 0.25) is 0 Å². The van der Waals surface area contributed by atoms with Crippen molar-refractivity contribution in [3.63, 3.8) is 0 Å². The third kappa shape index (κ3) is 2.88. The van der Waals surface area contributed by atoms with Crippen molar-refractivity contribution in [2.45, 2.75) is 11.3 Å². The van der Waals surface area contributed by atoms with Crippen LogP contribution in [0.1, 0.15) is 5.69 Å². The van der Waals surface area contributed by atoms with E-state index < -0.39 is 5.51 Å². The average Bonchev–Trinajstić information content (AvgIpc) is 2.25. The Bertz CT molecular complexity index is 496. The van der Waals surface area contributed by atoms with E-state index in [1.165, 1.54) is 0 Å². The molecule has 0 fully saturated rings. The molecule has 1 heterocycles. The number of hydrogen-bond donors (Lipinski definition) is 0. The van der Waals surface area contributed by atoms with E-state index in [0.29, 0.717) is 5.69 Å². The van der Waals surface area contributed by atoms with Gasteiger partial charge in [0.25, 0.3) is 0 Å². The first-order chi connectivity index (χ1) is 7.54. The van der Waals surface area contributed by atoms with Gasteiger partial charge < -0.3 is 0 Å². The van der Waals surface area contributed by atoms with E-state index in [2.05, 4.69) is 4.98 Å². The topological polar surface area (TPSA) is 12.9 Å². The molecule has 2 aromatic rings. The standard InChI is InChI=1S/C11H8F3NS/c12-11(13,14)16-7-9-6-5-8-3-1-2-4-10(8)15-9/h1-6H,7H2. The second kappa shape index (κ2) is 4.33. The smallest absolute Gasteiger partial charge is 0.252 e. The van der Waals surface area contributed by atoms with Gasteiger partial charge >= 0.3 is 5.51 Å². The Morgan fingerprint density at radius 1 is 1.06 bits per heavy atom. The van der Waals surface area contributed by atoms with Crippen LogP contribution in [-0.2, 0) is 5.75 Å². The molecular formula is C11H8F3NS. The Hall–Kier alpha value is -1.23. The van der Waals surface area contributed by atoms with E-state index >= 15 is 0 Å². The number of fused-ring (bicyclic) bond motifs is 1. The summed E-state index contributed by atoms with van der Waals surface area (Å²) in [5.41, 5.74) is -3.03. The Morgan fingerprint density at radius 3 is 2.56 bits per heavy atom. The van der Waals surface area contributed by atoms with Gasteiger partial charge in [0.1, 0.15) is 0 Å². The zero-order valence-electron chi connectivity index (χ0n) is 8.16. The third-order valence-corrected chi connectivity index (χ3v) is 2.81. The van der Waals surface area contributed by atoms with E-state index in [1.54, 1.807) is 18.2 Å². The summed E-state index contributed by atoms with van der Waals surface area (Å²) < 4.78 is 36.0. The monoisotopic (exact) mass is 243 g/mol. The van der Waals surface area contributed by atoms with Crippen LogP contribution in [0.25, 0.3) is 10.9 Å². The molecule has 0 saturated carbocycles. The van der Waals surface area contributed by atoms with Gasteiger partial charge in [-0.25, -0.2) is 0 Å². The molecule has 0 radical (unpaired) electrons. The van der Waals surface area contributed by atoms with Gasteiger partial charge in [-0.1, -0.05) is 24.3 Å². The van der Waals surface area contributed by atoms with Crippen molar-refractivity contribution in [2.75, 3.05) is 0 Å². The SMILES string of the molecule is FC(F)(F)SCc1ccc2ccccc2n1. The number of rotatable bonds is 2. The second-order valence-corrected chi connectivity index (χ2v) is 4.27. The first-order valence-electron chi connectivity index (χ1n) is 4.60. The van der Waals surface area contributed by atoms with Gasteiger partial charge in [0.15, 0.2) is 0 Å². The van der Waals surface area contributed by atoms with E-state index in [1.807, 2.05) is 18.2 Å². The summed E-state index contributed by atoms with van der Waals surface area (Å²) in [4.78, 5) is 4.16. The molecule has 0 N–H and O–H groups in total. The highest BCUT2D eigenvalue weighted by Crippen LogP contribution is 2.32. The molecule has 0 aliphatic heterocycles. The molecule has 16 heavy (non-hydrogen) atoms. The number of thioether (sulfide) groups is 1. The fourth-order valence-corrected chi connectivity index (χ4v) is 1.82. The fraction of sp³-hybridized carbons (Fsp3) is 0.182. The van der Waals surface area contributed by atoms with Crippen molar-refractivity contribution < 1.29 is 13.2 Å². The molecular weight excluding hydrogens is 235 g/mol. The first-order valence-corrected chi connectivity index (χ1v) is 5.58. The average molecular weight is 243 g/mol. The minimum Gasteiger partial charge on any atom is -0.252 e.